The summed E-state index contributed by atoms with van der Waals surface area (Å²) >= 11 is 3.12. The van der Waals surface area contributed by atoms with Gasteiger partial charge in [-0.25, -0.2) is 0 Å². The topological polar surface area (TPSA) is 77.8 Å². The van der Waals surface area contributed by atoms with E-state index in [0.29, 0.717) is 6.42 Å². The second kappa shape index (κ2) is 11.6. The molecule has 62 valence electrons. The van der Waals surface area contributed by atoms with E-state index in [1.54, 1.807) is 0 Å². The number of rotatable bonds is 3. The van der Waals surface area contributed by atoms with Crippen LogP contribution >= 0.6 is 15.9 Å². The fraction of sp³-hybridized carbons (Fsp3) is 0.800. The quantitative estimate of drug-likeness (QED) is 0.451. The van der Waals surface area contributed by atoms with E-state index >= 15 is 0 Å². The Morgan fingerprint density at radius 2 is 2.00 bits per heavy atom. The maximum Gasteiger partial charge on any atom is 0.290 e. The third-order valence-electron chi connectivity index (χ3n) is 0.653. The Balaban J connectivity index is 0. The number of alkyl halides is 1. The van der Waals surface area contributed by atoms with Crippen molar-refractivity contribution >= 4 is 22.4 Å². The summed E-state index contributed by atoms with van der Waals surface area (Å²) in [7, 11) is 0. The number of hydrogen-bond acceptors (Lipinski definition) is 3. The van der Waals surface area contributed by atoms with E-state index in [-0.39, 0.29) is 13.1 Å². The van der Waals surface area contributed by atoms with Crippen LogP contribution in [0.5, 0.6) is 0 Å². The van der Waals surface area contributed by atoms with Crippen LogP contribution in [0.1, 0.15) is 6.42 Å². The highest BCUT2D eigenvalue weighted by molar-refractivity contribution is 9.09. The summed E-state index contributed by atoms with van der Waals surface area (Å²) < 4.78 is 0. The predicted molar refractivity (Wildman–Crippen MR) is 40.2 cm³/mol. The van der Waals surface area contributed by atoms with Crippen molar-refractivity contribution in [2.45, 2.75) is 12.5 Å². The molecule has 0 amide bonds. The summed E-state index contributed by atoms with van der Waals surface area (Å²) in [4.78, 5) is 8.36. The highest BCUT2D eigenvalue weighted by Gasteiger charge is 1.96. The highest BCUT2D eigenvalue weighted by atomic mass is 79.9. The first kappa shape index (κ1) is 12.5. The predicted octanol–water partition coefficient (Wildman–Crippen LogP) is -0.175. The van der Waals surface area contributed by atoms with Crippen molar-refractivity contribution in [3.8, 4) is 0 Å². The molecule has 0 aromatic rings. The smallest absolute Gasteiger partial charge is 0.290 e. The van der Waals surface area contributed by atoms with Crippen LogP contribution in [-0.4, -0.2) is 39.8 Å². The minimum atomic E-state index is -0.542. The Morgan fingerprint density at radius 1 is 1.60 bits per heavy atom. The van der Waals surface area contributed by atoms with Gasteiger partial charge in [-0.3, -0.25) is 4.79 Å². The van der Waals surface area contributed by atoms with Crippen molar-refractivity contribution in [3.05, 3.63) is 0 Å². The summed E-state index contributed by atoms with van der Waals surface area (Å²) in [5, 5.41) is 24.4. The molecule has 10 heavy (non-hydrogen) atoms. The maximum atomic E-state index is 8.58. The molecule has 5 heteroatoms. The van der Waals surface area contributed by atoms with E-state index < -0.39 is 6.10 Å². The third kappa shape index (κ3) is 15.7. The van der Waals surface area contributed by atoms with Gasteiger partial charge in [-0.2, -0.15) is 0 Å². The van der Waals surface area contributed by atoms with E-state index in [4.69, 9.17) is 20.1 Å². The average Bonchev–Trinajstić information content (AvgIpc) is 1.90. The van der Waals surface area contributed by atoms with Crippen molar-refractivity contribution in [1.29, 1.82) is 0 Å². The zero-order valence-electron chi connectivity index (χ0n) is 5.40. The van der Waals surface area contributed by atoms with Gasteiger partial charge < -0.3 is 15.3 Å². The lowest BCUT2D eigenvalue weighted by Gasteiger charge is -2.00. The van der Waals surface area contributed by atoms with E-state index in [1.165, 1.54) is 0 Å². The molecule has 0 aliphatic rings. The van der Waals surface area contributed by atoms with E-state index in [9.17, 15) is 0 Å². The van der Waals surface area contributed by atoms with Gasteiger partial charge in [0.1, 0.15) is 0 Å². The first-order valence-corrected chi connectivity index (χ1v) is 3.77. The number of aliphatic hydroxyl groups is 2. The van der Waals surface area contributed by atoms with Crippen LogP contribution in [-0.2, 0) is 4.79 Å². The van der Waals surface area contributed by atoms with Crippen molar-refractivity contribution < 1.29 is 20.1 Å². The van der Waals surface area contributed by atoms with Gasteiger partial charge in [0.2, 0.25) is 0 Å². The van der Waals surface area contributed by atoms with Gasteiger partial charge in [0, 0.05) is 5.33 Å². The fourth-order valence-corrected chi connectivity index (χ4v) is 0.746. The van der Waals surface area contributed by atoms with Crippen LogP contribution in [0.3, 0.4) is 0 Å². The highest BCUT2D eigenvalue weighted by Crippen LogP contribution is 1.92. The molecule has 1 unspecified atom stereocenters. The number of halogens is 1. The van der Waals surface area contributed by atoms with Crippen LogP contribution in [0.4, 0.5) is 0 Å². The van der Waals surface area contributed by atoms with Gasteiger partial charge in [-0.15, -0.1) is 0 Å². The Labute approximate surface area is 67.6 Å². The van der Waals surface area contributed by atoms with Gasteiger partial charge in [0.05, 0.1) is 12.7 Å². The largest absolute Gasteiger partial charge is 0.483 e. The second-order valence-corrected chi connectivity index (χ2v) is 2.21. The summed E-state index contributed by atoms with van der Waals surface area (Å²) in [6.07, 6.45) is 0.0793. The van der Waals surface area contributed by atoms with Crippen LogP contribution in [0.25, 0.3) is 0 Å². The molecule has 0 bridgehead atoms. The summed E-state index contributed by atoms with van der Waals surface area (Å²) in [6, 6.07) is 0. The van der Waals surface area contributed by atoms with Gasteiger partial charge in [0.15, 0.2) is 0 Å². The fourth-order valence-electron chi connectivity index (χ4n) is 0.217. The molecule has 0 heterocycles. The van der Waals surface area contributed by atoms with Crippen molar-refractivity contribution in [2.24, 2.45) is 0 Å². The van der Waals surface area contributed by atoms with Gasteiger partial charge in [-0.05, 0) is 6.42 Å². The van der Waals surface area contributed by atoms with Crippen molar-refractivity contribution in [3.63, 3.8) is 0 Å². The molecule has 0 fully saturated rings. The molecule has 0 aliphatic carbocycles. The molecular weight excluding hydrogens is 204 g/mol. The van der Waals surface area contributed by atoms with Gasteiger partial charge >= 0.3 is 0 Å². The molecule has 4 nitrogen and oxygen atoms in total. The second-order valence-electron chi connectivity index (χ2n) is 1.42. The van der Waals surface area contributed by atoms with Crippen LogP contribution in [0, 0.1) is 0 Å². The van der Waals surface area contributed by atoms with Gasteiger partial charge in [-0.1, -0.05) is 15.9 Å². The minimum absolute atomic E-state index is 0.133. The Morgan fingerprint density at radius 3 is 2.10 bits per heavy atom. The first-order valence-electron chi connectivity index (χ1n) is 2.65. The number of hydrogen-bond donors (Lipinski definition) is 3. The molecule has 0 saturated heterocycles. The molecule has 0 aliphatic heterocycles. The molecule has 0 saturated carbocycles. The molecule has 0 spiro atoms. The molecule has 0 aromatic carbocycles. The summed E-state index contributed by atoms with van der Waals surface area (Å²) in [6.45, 7) is -0.383. The van der Waals surface area contributed by atoms with Crippen molar-refractivity contribution in [1.82, 2.24) is 0 Å². The monoisotopic (exact) mass is 214 g/mol. The SMILES string of the molecule is O=CO.OCC(O)CCBr. The first-order chi connectivity index (χ1) is 4.72. The molecule has 0 rings (SSSR count). The number of carbonyl (C=O) groups is 1. The lowest BCUT2D eigenvalue weighted by Crippen LogP contribution is -2.11. The Kier molecular flexibility index (Phi) is 14.6. The number of aliphatic hydroxyl groups excluding tert-OH is 2. The van der Waals surface area contributed by atoms with Crippen LogP contribution < -0.4 is 0 Å². The zero-order valence-corrected chi connectivity index (χ0v) is 6.99. The normalized spacial score (nSPS) is 11.1. The van der Waals surface area contributed by atoms with Gasteiger partial charge in [0.25, 0.3) is 6.47 Å². The molecule has 1 atom stereocenters. The molecule has 0 aromatic heterocycles. The molecule has 0 radical (unpaired) electrons. The number of carboxylic acid groups (broad SMARTS) is 1. The van der Waals surface area contributed by atoms with E-state index in [1.807, 2.05) is 0 Å². The lowest BCUT2D eigenvalue weighted by atomic mass is 10.3. The minimum Gasteiger partial charge on any atom is -0.483 e. The van der Waals surface area contributed by atoms with E-state index in [0.717, 1.165) is 5.33 Å². The van der Waals surface area contributed by atoms with Crippen LogP contribution in [0.2, 0.25) is 0 Å². The third-order valence-corrected chi connectivity index (χ3v) is 1.11. The molecule has 3 N–H and O–H groups in total. The zero-order chi connectivity index (χ0) is 8.41. The van der Waals surface area contributed by atoms with Crippen molar-refractivity contribution in [2.75, 3.05) is 11.9 Å². The Hall–Kier alpha value is -0.130. The van der Waals surface area contributed by atoms with E-state index in [2.05, 4.69) is 15.9 Å². The maximum absolute atomic E-state index is 8.58. The standard InChI is InChI=1S/C4H9BrO2.CH2O2/c5-2-1-4(7)3-6;2-1-3/h4,6-7H,1-3H2;1H,(H,2,3). The van der Waals surface area contributed by atoms with Crippen LogP contribution in [0.15, 0.2) is 0 Å². The summed E-state index contributed by atoms with van der Waals surface area (Å²) in [5.41, 5.74) is 0. The summed E-state index contributed by atoms with van der Waals surface area (Å²) in [5.74, 6) is 0. The molecular formula is C5H11BrO4. The Bertz CT molecular complexity index is 68.7. The average molecular weight is 215 g/mol. The lowest BCUT2D eigenvalue weighted by molar-refractivity contribution is -0.122.